The van der Waals surface area contributed by atoms with Crippen molar-refractivity contribution in [2.45, 2.75) is 24.1 Å². The molecule has 7 N–H and O–H groups in total. The van der Waals surface area contributed by atoms with Crippen LogP contribution >= 0.6 is 15.9 Å². The van der Waals surface area contributed by atoms with Crippen molar-refractivity contribution in [1.29, 1.82) is 0 Å². The van der Waals surface area contributed by atoms with E-state index in [0.29, 0.717) is 26.8 Å². The van der Waals surface area contributed by atoms with Crippen molar-refractivity contribution in [2.75, 3.05) is 18.6 Å². The van der Waals surface area contributed by atoms with Gasteiger partial charge in [0.15, 0.2) is 5.82 Å². The molecular formula is C22H22BrN3O10. The van der Waals surface area contributed by atoms with Crippen molar-refractivity contribution in [3.63, 3.8) is 0 Å². The summed E-state index contributed by atoms with van der Waals surface area (Å²) >= 11 is 3.34. The fourth-order valence-corrected chi connectivity index (χ4v) is 3.69. The number of rotatable bonds is 4. The number of aliphatic carboxylic acids is 2. The Labute approximate surface area is 210 Å². The van der Waals surface area contributed by atoms with E-state index in [0.717, 1.165) is 4.68 Å². The topological polar surface area (TPSA) is 212 Å². The number of carboxylic acids is 2. The quantitative estimate of drug-likeness (QED) is 0.195. The van der Waals surface area contributed by atoms with Crippen LogP contribution < -0.4 is 11.0 Å². The summed E-state index contributed by atoms with van der Waals surface area (Å²) in [7, 11) is 0. The van der Waals surface area contributed by atoms with Gasteiger partial charge in [0.1, 0.15) is 18.3 Å². The van der Waals surface area contributed by atoms with E-state index in [4.69, 9.17) is 24.5 Å². The fraction of sp³-hybridized carbons (Fsp3) is 0.273. The molecule has 2 aromatic carbocycles. The largest absolute Gasteiger partial charge is 0.473 e. The summed E-state index contributed by atoms with van der Waals surface area (Å²) in [5, 5.41) is 55.4. The van der Waals surface area contributed by atoms with Gasteiger partial charge in [-0.3, -0.25) is 4.79 Å². The van der Waals surface area contributed by atoms with Crippen molar-refractivity contribution in [3.8, 4) is 11.4 Å². The summed E-state index contributed by atoms with van der Waals surface area (Å²) in [5.74, 6) is -5.58. The van der Waals surface area contributed by atoms with Crippen LogP contribution in [0.1, 0.15) is 0 Å². The van der Waals surface area contributed by atoms with Gasteiger partial charge in [-0.1, -0.05) is 46.3 Å². The highest BCUT2D eigenvalue weighted by molar-refractivity contribution is 9.10. The first-order valence-electron chi connectivity index (χ1n) is 10.3. The number of carbonyl (C=O) groups is 2. The number of aliphatic hydroxyl groups excluding tert-OH is 3. The molecule has 36 heavy (non-hydrogen) atoms. The number of benzene rings is 2. The molecule has 4 atom stereocenters. The first kappa shape index (κ1) is 27.2. The van der Waals surface area contributed by atoms with E-state index in [1.807, 2.05) is 6.07 Å². The highest BCUT2D eigenvalue weighted by Crippen LogP contribution is 2.25. The van der Waals surface area contributed by atoms with Crippen molar-refractivity contribution in [1.82, 2.24) is 9.66 Å². The second-order valence-electron chi connectivity index (χ2n) is 7.71. The lowest BCUT2D eigenvalue weighted by atomic mass is 9.97. The van der Waals surface area contributed by atoms with Gasteiger partial charge in [0.25, 0.3) is 5.56 Å². The summed E-state index contributed by atoms with van der Waals surface area (Å²) < 4.78 is 7.03. The van der Waals surface area contributed by atoms with Crippen LogP contribution in [-0.2, 0) is 14.3 Å². The van der Waals surface area contributed by atoms with Gasteiger partial charge >= 0.3 is 11.9 Å². The van der Waals surface area contributed by atoms with Gasteiger partial charge in [-0.25, -0.2) is 19.2 Å². The number of halogens is 1. The van der Waals surface area contributed by atoms with E-state index in [1.54, 1.807) is 42.5 Å². The number of hydrogen-bond acceptors (Lipinski definition) is 10. The summed E-state index contributed by atoms with van der Waals surface area (Å²) in [6.45, 7) is -0.821. The average molecular weight is 568 g/mol. The van der Waals surface area contributed by atoms with Gasteiger partial charge in [0.2, 0.25) is 5.79 Å². The third-order valence-electron chi connectivity index (χ3n) is 5.22. The smallest absolute Gasteiger partial charge is 0.414 e. The van der Waals surface area contributed by atoms with Crippen LogP contribution in [-0.4, -0.2) is 89.5 Å². The summed E-state index contributed by atoms with van der Waals surface area (Å²) in [5.41, 5.74) is 3.49. The number of nitrogens with zero attached hydrogens (tertiary/aromatic N) is 2. The number of hydrogen-bond donors (Lipinski definition) is 7. The molecule has 2 heterocycles. The molecule has 1 aliphatic heterocycles. The van der Waals surface area contributed by atoms with Gasteiger partial charge in [0, 0.05) is 10.0 Å². The highest BCUT2D eigenvalue weighted by atomic mass is 79.9. The van der Waals surface area contributed by atoms with Crippen molar-refractivity contribution < 1.29 is 45.0 Å². The Hall–Kier alpha value is -3.40. The van der Waals surface area contributed by atoms with Gasteiger partial charge in [-0.15, -0.1) is 0 Å². The molecule has 192 valence electrons. The molecule has 0 radical (unpaired) electrons. The first-order valence-corrected chi connectivity index (χ1v) is 11.1. The third kappa shape index (κ3) is 5.87. The van der Waals surface area contributed by atoms with Crippen LogP contribution in [0.5, 0.6) is 0 Å². The van der Waals surface area contributed by atoms with Gasteiger partial charge in [-0.05, 0) is 18.2 Å². The molecule has 14 heteroatoms. The number of nitrogens with one attached hydrogen (secondary N) is 1. The minimum absolute atomic E-state index is 0.296. The van der Waals surface area contributed by atoms with Crippen molar-refractivity contribution in [3.05, 3.63) is 63.4 Å². The van der Waals surface area contributed by atoms with E-state index in [9.17, 15) is 25.2 Å². The number of fused-ring (bicyclic) bond motifs is 1. The molecule has 1 aromatic heterocycles. The zero-order valence-electron chi connectivity index (χ0n) is 18.4. The summed E-state index contributed by atoms with van der Waals surface area (Å²) in [6.07, 6.45) is -4.71. The fourth-order valence-electron chi connectivity index (χ4n) is 3.32. The average Bonchev–Trinajstić information content (AvgIpc) is 2.86. The molecule has 0 amide bonds. The highest BCUT2D eigenvalue weighted by Gasteiger charge is 2.48. The van der Waals surface area contributed by atoms with Crippen LogP contribution in [0.25, 0.3) is 22.3 Å². The van der Waals surface area contributed by atoms with Crippen molar-refractivity contribution in [2.24, 2.45) is 0 Å². The number of aromatic nitrogens is 2. The Morgan fingerprint density at radius 3 is 2.36 bits per heavy atom. The summed E-state index contributed by atoms with van der Waals surface area (Å²) in [4.78, 5) is 36.0. The molecule has 1 fully saturated rings. The van der Waals surface area contributed by atoms with Crippen LogP contribution in [0.4, 0.5) is 0 Å². The zero-order chi connectivity index (χ0) is 26.6. The van der Waals surface area contributed by atoms with Crippen LogP contribution in [0.3, 0.4) is 0 Å². The molecule has 0 aliphatic carbocycles. The third-order valence-corrected chi connectivity index (χ3v) is 5.71. The second-order valence-corrected chi connectivity index (χ2v) is 8.62. The van der Waals surface area contributed by atoms with Crippen LogP contribution in [0.2, 0.25) is 0 Å². The molecule has 13 nitrogen and oxygen atoms in total. The standard InChI is InChI=1S/C20H20BrN3O6.C2H2O4/c21-12-6-7-14-13(8-12)19(28)24(18(23-14)11-4-2-1-3-5-11)22-10-20(29)17(27)16(26)15(25)9-30-20;3-1(4)2(5)6/h1-8,15-17,22,25-27,29H,9-10H2;(H,3,4)(H,5,6). The minimum atomic E-state index is -2.22. The predicted octanol–water partition coefficient (Wildman–Crippen LogP) is -0.673. The van der Waals surface area contributed by atoms with Crippen molar-refractivity contribution >= 4 is 38.8 Å². The lowest BCUT2D eigenvalue weighted by Gasteiger charge is -2.41. The molecular weight excluding hydrogens is 546 g/mol. The maximum atomic E-state index is 13.2. The molecule has 3 aromatic rings. The number of ether oxygens (including phenoxy) is 1. The minimum Gasteiger partial charge on any atom is -0.473 e. The molecule has 0 saturated carbocycles. The maximum Gasteiger partial charge on any atom is 0.414 e. The summed E-state index contributed by atoms with van der Waals surface area (Å²) in [6, 6.07) is 14.1. The Morgan fingerprint density at radius 1 is 1.11 bits per heavy atom. The van der Waals surface area contributed by atoms with Crippen LogP contribution in [0.15, 0.2) is 57.8 Å². The second kappa shape index (κ2) is 11.1. The van der Waals surface area contributed by atoms with Gasteiger partial charge in [0.05, 0.1) is 24.1 Å². The van der Waals surface area contributed by atoms with E-state index in [2.05, 4.69) is 26.3 Å². The van der Waals surface area contributed by atoms with E-state index in [-0.39, 0.29) is 6.61 Å². The van der Waals surface area contributed by atoms with Crippen LogP contribution in [0, 0.1) is 0 Å². The molecule has 1 aliphatic rings. The predicted molar refractivity (Wildman–Crippen MR) is 128 cm³/mol. The Bertz CT molecular complexity index is 1310. The lowest BCUT2D eigenvalue weighted by Crippen LogP contribution is -2.64. The molecule has 0 spiro atoms. The Morgan fingerprint density at radius 2 is 1.75 bits per heavy atom. The molecule has 4 rings (SSSR count). The lowest BCUT2D eigenvalue weighted by molar-refractivity contribution is -0.314. The van der Waals surface area contributed by atoms with E-state index in [1.165, 1.54) is 0 Å². The Balaban J connectivity index is 0.000000538. The monoisotopic (exact) mass is 567 g/mol. The normalized spacial score (nSPS) is 23.4. The first-order chi connectivity index (χ1) is 16.9. The van der Waals surface area contributed by atoms with E-state index < -0.39 is 48.1 Å². The SMILES string of the molecule is O=C(O)C(=O)O.O=c1c2cc(Br)ccc2nc(-c2ccccc2)n1NCC1(O)OCC(O)C(O)C1O. The van der Waals surface area contributed by atoms with Gasteiger partial charge in [-0.2, -0.15) is 0 Å². The maximum absolute atomic E-state index is 13.2. The molecule has 1 saturated heterocycles. The molecule has 0 bridgehead atoms. The Kier molecular flexibility index (Phi) is 8.39. The zero-order valence-corrected chi connectivity index (χ0v) is 19.9. The number of aliphatic hydroxyl groups is 4. The number of carboxylic acid groups (broad SMARTS) is 2. The molecule has 4 unspecified atom stereocenters. The van der Waals surface area contributed by atoms with Gasteiger partial charge < -0.3 is 40.8 Å². The van der Waals surface area contributed by atoms with E-state index >= 15 is 0 Å².